The van der Waals surface area contributed by atoms with Crippen LogP contribution in [0, 0.1) is 34.9 Å². The minimum absolute atomic E-state index is 0. The van der Waals surface area contributed by atoms with Crippen molar-refractivity contribution in [3.63, 3.8) is 0 Å². The van der Waals surface area contributed by atoms with Gasteiger partial charge in [0.05, 0.1) is 35.5 Å². The van der Waals surface area contributed by atoms with Crippen molar-refractivity contribution in [2.75, 3.05) is 33.0 Å². The van der Waals surface area contributed by atoms with Gasteiger partial charge in [-0.2, -0.15) is 4.39 Å². The second-order valence-electron chi connectivity index (χ2n) is 13.7. The lowest BCUT2D eigenvalue weighted by Gasteiger charge is -2.25. The number of benzene rings is 6. The third kappa shape index (κ3) is 9.04. The topological polar surface area (TPSA) is 150 Å². The summed E-state index contributed by atoms with van der Waals surface area (Å²) in [7, 11) is 2.93. The minimum Gasteiger partial charge on any atom is -0.505 e. The number of pyridine rings is 1. The normalized spacial score (nSPS) is 11.2. The summed E-state index contributed by atoms with van der Waals surface area (Å²) >= 11 is 0. The molecule has 0 amide bonds. The maximum Gasteiger partial charge on any atom is 0.343 e. The van der Waals surface area contributed by atoms with Gasteiger partial charge in [-0.3, -0.25) is 9.59 Å². The van der Waals surface area contributed by atoms with Gasteiger partial charge in [0.2, 0.25) is 17.0 Å². The largest absolute Gasteiger partial charge is 0.505 e. The van der Waals surface area contributed by atoms with Gasteiger partial charge in [0.25, 0.3) is 0 Å². The monoisotopic (exact) mass is 887 g/mol. The molecule has 7 aromatic rings. The zero-order valence-corrected chi connectivity index (χ0v) is 33.7. The van der Waals surface area contributed by atoms with Crippen molar-refractivity contribution < 1.29 is 60.0 Å². The molecule has 0 unspecified atom stereocenters. The maximum atomic E-state index is 14.6. The van der Waals surface area contributed by atoms with Crippen molar-refractivity contribution in [2.45, 2.75) is 21.3 Å². The van der Waals surface area contributed by atoms with Crippen LogP contribution in [-0.2, 0) is 14.3 Å². The Morgan fingerprint density at radius 1 is 0.734 bits per heavy atom. The van der Waals surface area contributed by atoms with Gasteiger partial charge in [-0.25, -0.2) is 31.5 Å². The van der Waals surface area contributed by atoms with Crippen LogP contribution in [0.3, 0.4) is 0 Å². The van der Waals surface area contributed by atoms with Gasteiger partial charge >= 0.3 is 11.9 Å². The third-order valence-corrected chi connectivity index (χ3v) is 9.36. The van der Waals surface area contributed by atoms with E-state index in [2.05, 4.69) is 4.74 Å². The lowest BCUT2D eigenvalue weighted by molar-refractivity contribution is -0.138. The molecule has 1 aromatic heterocycles. The number of hydrogen-bond acceptors (Lipinski definition) is 10. The number of ketones is 1. The van der Waals surface area contributed by atoms with Crippen LogP contribution in [0.2, 0.25) is 0 Å². The molecule has 0 fully saturated rings. The molecule has 0 saturated heterocycles. The van der Waals surface area contributed by atoms with E-state index in [0.717, 1.165) is 28.4 Å². The van der Waals surface area contributed by atoms with Gasteiger partial charge in [0.1, 0.15) is 22.4 Å². The molecule has 0 aliphatic carbocycles. The standard InChI is InChI=1S/C22H13F2NO4.C14H13F4NO3.C10H9NO.CH4/c1-2-28-22(27)14-10-25-16-8-7-11-5-3-4-6-12(11)20(16)29-21-17(24)15(23)9-13(18(21)25)19(14)26;1-4-22-14(21)8(6-19(2)3)13(20)7-5-9(15)11(17)12(18)10(7)16;11-9-6-5-7-3-1-2-4-8(7)10(9)12;/h3-10H,2H2,1H3;5-6H,4H2,1-3H3;1-6,12H,11H2;1H4/b;8-6-;;. The molecule has 17 heteroatoms. The van der Waals surface area contributed by atoms with Crippen LogP contribution >= 0.6 is 0 Å². The summed E-state index contributed by atoms with van der Waals surface area (Å²) in [6, 6.07) is 23.1. The molecule has 332 valence electrons. The van der Waals surface area contributed by atoms with Gasteiger partial charge in [-0.05, 0) is 48.9 Å². The minimum atomic E-state index is -2.13. The lowest BCUT2D eigenvalue weighted by atomic mass is 10.0. The number of aromatic hydroxyl groups is 1. The molecule has 0 saturated carbocycles. The number of Topliss-reactive ketones (excluding diaryl/α,β-unsaturated/α-hetero) is 1. The molecule has 6 aromatic carbocycles. The van der Waals surface area contributed by atoms with Crippen molar-refractivity contribution in [1.29, 1.82) is 0 Å². The third-order valence-electron chi connectivity index (χ3n) is 9.36. The fraction of sp³-hybridized carbons (Fsp3) is 0.149. The molecule has 3 N–H and O–H groups in total. The first-order valence-electron chi connectivity index (χ1n) is 18.8. The zero-order valence-electron chi connectivity index (χ0n) is 33.7. The molecule has 0 spiro atoms. The van der Waals surface area contributed by atoms with Crippen LogP contribution in [-0.4, -0.2) is 59.6 Å². The summed E-state index contributed by atoms with van der Waals surface area (Å²) in [5, 5.41) is 12.7. The number of esters is 2. The molecular weight excluding hydrogens is 849 g/mol. The Balaban J connectivity index is 0.000000195. The number of carbonyl (C=O) groups excluding carboxylic acids is 3. The Morgan fingerprint density at radius 2 is 1.33 bits per heavy atom. The highest BCUT2D eigenvalue weighted by molar-refractivity contribution is 6.24. The summed E-state index contributed by atoms with van der Waals surface area (Å²) < 4.78 is 98.7. The molecular formula is C47H39F6N3O8. The predicted octanol–water partition coefficient (Wildman–Crippen LogP) is 9.90. The number of hydrogen-bond donors (Lipinski definition) is 2. The Morgan fingerprint density at radius 3 is 1.97 bits per heavy atom. The average Bonchev–Trinajstić information content (AvgIpc) is 3.27. The molecule has 64 heavy (non-hydrogen) atoms. The van der Waals surface area contributed by atoms with E-state index in [4.69, 9.17) is 15.2 Å². The number of phenols is 1. The number of nitrogen functional groups attached to an aromatic ring is 1. The van der Waals surface area contributed by atoms with Crippen molar-refractivity contribution in [3.8, 4) is 22.9 Å². The Hall–Kier alpha value is -7.82. The van der Waals surface area contributed by atoms with Gasteiger partial charge < -0.3 is 34.5 Å². The summed E-state index contributed by atoms with van der Waals surface area (Å²) in [5.74, 6) is -13.4. The van der Waals surface area contributed by atoms with E-state index in [0.29, 0.717) is 22.5 Å². The molecule has 0 bridgehead atoms. The van der Waals surface area contributed by atoms with Crippen LogP contribution in [0.15, 0.2) is 108 Å². The van der Waals surface area contributed by atoms with Crippen LogP contribution in [0.25, 0.3) is 38.1 Å². The number of carbonyl (C=O) groups is 3. The summed E-state index contributed by atoms with van der Waals surface area (Å²) in [5.41, 5.74) is 3.76. The molecule has 2 heterocycles. The molecule has 1 aliphatic rings. The zero-order chi connectivity index (χ0) is 45.9. The summed E-state index contributed by atoms with van der Waals surface area (Å²) in [4.78, 5) is 50.3. The number of anilines is 1. The van der Waals surface area contributed by atoms with Crippen LogP contribution in [0.5, 0.6) is 17.2 Å². The maximum absolute atomic E-state index is 14.6. The lowest BCUT2D eigenvalue weighted by Crippen LogP contribution is -2.22. The van der Waals surface area contributed by atoms with Crippen LogP contribution in [0.4, 0.5) is 32.0 Å². The smallest absolute Gasteiger partial charge is 0.343 e. The van der Waals surface area contributed by atoms with E-state index in [1.54, 1.807) is 31.2 Å². The van der Waals surface area contributed by atoms with Gasteiger partial charge in [-0.1, -0.05) is 68.1 Å². The summed E-state index contributed by atoms with van der Waals surface area (Å²) in [6.07, 6.45) is 2.30. The average molecular weight is 888 g/mol. The van der Waals surface area contributed by atoms with E-state index in [1.165, 1.54) is 36.7 Å². The predicted molar refractivity (Wildman–Crippen MR) is 229 cm³/mol. The van der Waals surface area contributed by atoms with Crippen molar-refractivity contribution >= 4 is 55.9 Å². The highest BCUT2D eigenvalue weighted by Crippen LogP contribution is 2.45. The summed E-state index contributed by atoms with van der Waals surface area (Å²) in [6.45, 7) is 3.10. The molecule has 11 nitrogen and oxygen atoms in total. The van der Waals surface area contributed by atoms with E-state index >= 15 is 0 Å². The van der Waals surface area contributed by atoms with Crippen LogP contribution in [0.1, 0.15) is 42.0 Å². The quantitative estimate of drug-likeness (QED) is 0.0151. The van der Waals surface area contributed by atoms with E-state index in [1.807, 2.05) is 48.5 Å². The number of aromatic nitrogens is 1. The number of fused-ring (bicyclic) bond motifs is 5. The van der Waals surface area contributed by atoms with E-state index in [-0.39, 0.29) is 48.9 Å². The van der Waals surface area contributed by atoms with Crippen molar-refractivity contribution in [2.24, 2.45) is 0 Å². The molecule has 0 radical (unpaired) electrons. The van der Waals surface area contributed by atoms with Gasteiger partial charge in [0.15, 0.2) is 40.6 Å². The van der Waals surface area contributed by atoms with Crippen molar-refractivity contribution in [1.82, 2.24) is 9.47 Å². The Labute approximate surface area is 361 Å². The van der Waals surface area contributed by atoms with Gasteiger partial charge in [-0.15, -0.1) is 0 Å². The fourth-order valence-electron chi connectivity index (χ4n) is 6.50. The molecule has 1 aliphatic heterocycles. The second-order valence-corrected chi connectivity index (χ2v) is 13.7. The number of rotatable bonds is 7. The Kier molecular flexibility index (Phi) is 14.4. The van der Waals surface area contributed by atoms with Crippen molar-refractivity contribution in [3.05, 3.63) is 159 Å². The molecule has 8 rings (SSSR count). The fourth-order valence-corrected chi connectivity index (χ4v) is 6.50. The second kappa shape index (κ2) is 19.5. The SMILES string of the molecule is C.CCOC(=O)/C(=C\N(C)C)C(=O)c1cc(F)c(F)c(F)c1F.CCOC(=O)c1cn2c3c(c(F)c(F)cc3c1=O)Oc1c-2ccc2ccccc12.Nc1ccc2ccccc2c1O. The van der Waals surface area contributed by atoms with E-state index < -0.39 is 74.9 Å². The molecule has 0 atom stereocenters. The highest BCUT2D eigenvalue weighted by Gasteiger charge is 2.31. The first-order chi connectivity index (χ1) is 30.0. The van der Waals surface area contributed by atoms with E-state index in [9.17, 15) is 50.6 Å². The first kappa shape index (κ1) is 47.2. The number of ether oxygens (including phenoxy) is 3. The number of phenolic OH excluding ortho intramolecular Hbond substituents is 1. The van der Waals surface area contributed by atoms with Gasteiger partial charge in [0, 0.05) is 37.3 Å². The Bertz CT molecular complexity index is 3080. The first-order valence-corrected chi connectivity index (χ1v) is 18.8. The number of halogens is 6. The number of nitrogens with zero attached hydrogens (tertiary/aromatic N) is 2. The van der Waals surface area contributed by atoms with Crippen LogP contribution < -0.4 is 15.9 Å². The number of nitrogens with two attached hydrogens (primary N) is 1. The highest BCUT2D eigenvalue weighted by atomic mass is 19.2.